The highest BCUT2D eigenvalue weighted by atomic mass is 16.6. The summed E-state index contributed by atoms with van der Waals surface area (Å²) in [4.78, 5) is 14.5. The Morgan fingerprint density at radius 3 is 2.67 bits per heavy atom. The summed E-state index contributed by atoms with van der Waals surface area (Å²) in [6.45, 7) is 0.307. The highest BCUT2D eigenvalue weighted by molar-refractivity contribution is 5.70. The number of carbonyl (C=O) groups is 1. The van der Waals surface area contributed by atoms with Gasteiger partial charge in [0, 0.05) is 6.04 Å². The van der Waals surface area contributed by atoms with Crippen molar-refractivity contribution in [2.75, 3.05) is 0 Å². The molecule has 2 heterocycles. The van der Waals surface area contributed by atoms with E-state index < -0.39 is 0 Å². The Morgan fingerprint density at radius 2 is 1.89 bits per heavy atom. The van der Waals surface area contributed by atoms with Crippen LogP contribution in [0.15, 0.2) is 66.2 Å². The quantitative estimate of drug-likeness (QED) is 0.751. The molecule has 1 saturated heterocycles. The number of rotatable bonds is 4. The van der Waals surface area contributed by atoms with E-state index in [2.05, 4.69) is 12.1 Å². The first-order chi connectivity index (χ1) is 13.2. The van der Waals surface area contributed by atoms with Gasteiger partial charge in [-0.25, -0.2) is 4.79 Å². The Bertz CT molecular complexity index is 898. The molecule has 1 fully saturated rings. The number of amides is 1. The number of hydrogen-bond acceptors (Lipinski definition) is 3. The molecule has 27 heavy (non-hydrogen) atoms. The highest BCUT2D eigenvalue weighted by Gasteiger charge is 2.40. The molecule has 0 saturated carbocycles. The molecule has 0 spiro atoms. The lowest BCUT2D eigenvalue weighted by Gasteiger charge is -2.33. The molecule has 2 aliphatic heterocycles. The zero-order valence-corrected chi connectivity index (χ0v) is 15.2. The molecule has 0 radical (unpaired) electrons. The van der Waals surface area contributed by atoms with E-state index in [-0.39, 0.29) is 18.2 Å². The van der Waals surface area contributed by atoms with Crippen LogP contribution >= 0.6 is 0 Å². The normalized spacial score (nSPS) is 20.7. The summed E-state index contributed by atoms with van der Waals surface area (Å²) in [6.07, 6.45) is 5.61. The van der Waals surface area contributed by atoms with Gasteiger partial charge in [0.2, 0.25) is 0 Å². The van der Waals surface area contributed by atoms with E-state index in [0.717, 1.165) is 42.4 Å². The van der Waals surface area contributed by atoms with Crippen LogP contribution in [-0.4, -0.2) is 23.1 Å². The Labute approximate surface area is 159 Å². The van der Waals surface area contributed by atoms with Gasteiger partial charge in [0.15, 0.2) is 0 Å². The fraction of sp³-hybridized carbons (Fsp3) is 0.304. The number of fused-ring (bicyclic) bond motifs is 2. The largest absolute Gasteiger partial charge is 0.445 e. The van der Waals surface area contributed by atoms with Crippen molar-refractivity contribution < 1.29 is 9.53 Å². The minimum Gasteiger partial charge on any atom is -0.445 e. The van der Waals surface area contributed by atoms with Crippen LogP contribution in [0.4, 0.5) is 4.79 Å². The predicted molar refractivity (Wildman–Crippen MR) is 103 cm³/mol. The lowest BCUT2D eigenvalue weighted by Crippen LogP contribution is -2.43. The molecule has 4 rings (SSSR count). The van der Waals surface area contributed by atoms with E-state index in [0.29, 0.717) is 6.61 Å². The topological polar surface area (TPSA) is 53.3 Å². The van der Waals surface area contributed by atoms with Crippen molar-refractivity contribution in [2.45, 2.75) is 44.4 Å². The minimum absolute atomic E-state index is 0.108. The van der Waals surface area contributed by atoms with Crippen molar-refractivity contribution in [2.24, 2.45) is 0 Å². The summed E-state index contributed by atoms with van der Waals surface area (Å²) in [6, 6.07) is 20.1. The lowest BCUT2D eigenvalue weighted by molar-refractivity contribution is 0.0815. The van der Waals surface area contributed by atoms with Crippen molar-refractivity contribution in [3.63, 3.8) is 0 Å². The molecule has 2 bridgehead atoms. The van der Waals surface area contributed by atoms with Crippen LogP contribution in [-0.2, 0) is 17.8 Å². The number of nitrogens with zero attached hydrogens (tertiary/aromatic N) is 2. The second-order valence-corrected chi connectivity index (χ2v) is 7.22. The first kappa shape index (κ1) is 17.4. The summed E-state index contributed by atoms with van der Waals surface area (Å²) < 4.78 is 5.55. The van der Waals surface area contributed by atoms with Crippen LogP contribution in [0.3, 0.4) is 0 Å². The lowest BCUT2D eigenvalue weighted by atomic mass is 9.93. The van der Waals surface area contributed by atoms with Crippen LogP contribution in [0.25, 0.3) is 0 Å². The Morgan fingerprint density at radius 1 is 1.11 bits per heavy atom. The third kappa shape index (κ3) is 3.73. The van der Waals surface area contributed by atoms with Crippen molar-refractivity contribution in [1.29, 1.82) is 5.26 Å². The number of carbonyl (C=O) groups excluding carboxylic acids is 1. The number of hydrogen-bond donors (Lipinski definition) is 0. The van der Waals surface area contributed by atoms with Gasteiger partial charge < -0.3 is 4.74 Å². The maximum Gasteiger partial charge on any atom is 0.410 e. The van der Waals surface area contributed by atoms with E-state index in [4.69, 9.17) is 4.74 Å². The molecule has 0 aromatic heterocycles. The molecule has 4 heteroatoms. The molecule has 4 nitrogen and oxygen atoms in total. The predicted octanol–water partition coefficient (Wildman–Crippen LogP) is 4.60. The summed E-state index contributed by atoms with van der Waals surface area (Å²) in [5.74, 6) is 0. The summed E-state index contributed by atoms with van der Waals surface area (Å²) in [5, 5.41) is 9.29. The zero-order valence-electron chi connectivity index (χ0n) is 15.2. The molecule has 2 aromatic carbocycles. The van der Waals surface area contributed by atoms with Crippen molar-refractivity contribution in [3.8, 4) is 6.07 Å². The third-order valence-corrected chi connectivity index (χ3v) is 5.44. The van der Waals surface area contributed by atoms with Crippen LogP contribution < -0.4 is 0 Å². The van der Waals surface area contributed by atoms with Gasteiger partial charge in [-0.05, 0) is 42.9 Å². The molecule has 0 N–H and O–H groups in total. The molecule has 2 aromatic rings. The van der Waals surface area contributed by atoms with Gasteiger partial charge in [-0.1, -0.05) is 60.2 Å². The van der Waals surface area contributed by atoms with Crippen molar-refractivity contribution >= 4 is 6.09 Å². The van der Waals surface area contributed by atoms with Crippen molar-refractivity contribution in [1.82, 2.24) is 4.90 Å². The summed E-state index contributed by atoms with van der Waals surface area (Å²) >= 11 is 0. The monoisotopic (exact) mass is 358 g/mol. The van der Waals surface area contributed by atoms with Gasteiger partial charge >= 0.3 is 6.09 Å². The van der Waals surface area contributed by atoms with Gasteiger partial charge in [-0.3, -0.25) is 4.90 Å². The van der Waals surface area contributed by atoms with E-state index in [9.17, 15) is 10.1 Å². The van der Waals surface area contributed by atoms with Gasteiger partial charge in [-0.2, -0.15) is 5.26 Å². The van der Waals surface area contributed by atoms with Crippen LogP contribution in [0.2, 0.25) is 0 Å². The van der Waals surface area contributed by atoms with Gasteiger partial charge in [0.25, 0.3) is 0 Å². The van der Waals surface area contributed by atoms with E-state index >= 15 is 0 Å². The van der Waals surface area contributed by atoms with E-state index in [1.807, 2.05) is 59.5 Å². The molecular formula is C23H22N2O2. The minimum atomic E-state index is -0.223. The first-order valence-corrected chi connectivity index (χ1v) is 9.41. The van der Waals surface area contributed by atoms with E-state index in [1.54, 1.807) is 0 Å². The Balaban J connectivity index is 1.43. The molecular weight excluding hydrogens is 336 g/mol. The average Bonchev–Trinajstić information content (AvgIpc) is 2.98. The van der Waals surface area contributed by atoms with Crippen LogP contribution in [0.1, 0.15) is 36.0 Å². The third-order valence-electron chi connectivity index (χ3n) is 5.44. The van der Waals surface area contributed by atoms with Crippen LogP contribution in [0.5, 0.6) is 0 Å². The summed E-state index contributed by atoms with van der Waals surface area (Å²) in [5.41, 5.74) is 4.11. The number of benzene rings is 2. The number of nitriles is 1. The first-order valence-electron chi connectivity index (χ1n) is 9.41. The second-order valence-electron chi connectivity index (χ2n) is 7.22. The SMILES string of the molecule is N#Cc1ccccc1CC1=CC2CCC(C1)N2C(=O)OCc1ccccc1. The summed E-state index contributed by atoms with van der Waals surface area (Å²) in [7, 11) is 0. The number of ether oxygens (including phenoxy) is 1. The fourth-order valence-electron chi connectivity index (χ4n) is 4.16. The Hall–Kier alpha value is -3.06. The molecule has 2 aliphatic rings. The maximum atomic E-state index is 12.6. The molecule has 2 atom stereocenters. The molecule has 0 aliphatic carbocycles. The standard InChI is InChI=1S/C23H22N2O2/c24-15-20-9-5-4-8-19(20)12-18-13-21-10-11-22(14-18)25(21)23(26)27-16-17-6-2-1-3-7-17/h1-9,13,21-22H,10-12,14,16H2. The highest BCUT2D eigenvalue weighted by Crippen LogP contribution is 2.36. The molecule has 1 amide bonds. The Kier molecular flexibility index (Phi) is 4.93. The van der Waals surface area contributed by atoms with Crippen LogP contribution in [0, 0.1) is 11.3 Å². The van der Waals surface area contributed by atoms with Gasteiger partial charge in [0.1, 0.15) is 6.61 Å². The van der Waals surface area contributed by atoms with Gasteiger partial charge in [-0.15, -0.1) is 0 Å². The van der Waals surface area contributed by atoms with E-state index in [1.165, 1.54) is 5.57 Å². The second kappa shape index (κ2) is 7.67. The fourth-order valence-corrected chi connectivity index (χ4v) is 4.16. The maximum absolute atomic E-state index is 12.6. The smallest absolute Gasteiger partial charge is 0.410 e. The van der Waals surface area contributed by atoms with Gasteiger partial charge in [0.05, 0.1) is 17.7 Å². The zero-order chi connectivity index (χ0) is 18.6. The molecule has 136 valence electrons. The molecule has 2 unspecified atom stereocenters. The average molecular weight is 358 g/mol. The van der Waals surface area contributed by atoms with Crippen molar-refractivity contribution in [3.05, 3.63) is 82.9 Å².